The number of likely N-dealkylation sites (tertiary alicyclic amines) is 2. The smallest absolute Gasteiger partial charge is 0.222 e. The van der Waals surface area contributed by atoms with Crippen molar-refractivity contribution in [3.05, 3.63) is 22.7 Å². The second-order valence-corrected chi connectivity index (χ2v) is 15.1. The van der Waals surface area contributed by atoms with E-state index in [2.05, 4.69) is 110 Å². The molecule has 3 heterocycles. The minimum Gasteiger partial charge on any atom is -0.313 e. The van der Waals surface area contributed by atoms with Crippen molar-refractivity contribution >= 4 is 11.6 Å². The molecule has 0 aromatic carbocycles. The number of piperidine rings is 2. The normalized spacial score (nSPS) is 30.4. The maximum atomic E-state index is 6.82. The van der Waals surface area contributed by atoms with Crippen molar-refractivity contribution in [1.29, 1.82) is 0 Å². The number of unbranched alkanes of at least 4 members (excludes halogenated alkanes) is 2. The van der Waals surface area contributed by atoms with Crippen LogP contribution in [0.15, 0.2) is 6.07 Å². The van der Waals surface area contributed by atoms with Gasteiger partial charge in [0.2, 0.25) is 5.28 Å². The number of likely N-dealkylation sites (N-methyl/N-ethyl adjacent to an activating group) is 2. The maximum Gasteiger partial charge on any atom is 0.222 e. The molecule has 6 nitrogen and oxygen atoms in total. The highest BCUT2D eigenvalue weighted by Gasteiger charge is 2.53. The zero-order chi connectivity index (χ0) is 29.4. The van der Waals surface area contributed by atoms with Gasteiger partial charge in [0.05, 0.1) is 11.4 Å². The van der Waals surface area contributed by atoms with E-state index in [1.165, 1.54) is 25.7 Å². The lowest BCUT2D eigenvalue weighted by Crippen LogP contribution is -2.67. The summed E-state index contributed by atoms with van der Waals surface area (Å²) in [6.07, 6.45) is 6.86. The Hall–Kier alpha value is -0.790. The third-order valence-corrected chi connectivity index (χ3v) is 10.7. The van der Waals surface area contributed by atoms with E-state index in [9.17, 15) is 0 Å². The molecule has 3 rings (SSSR count). The van der Waals surface area contributed by atoms with Crippen LogP contribution in [0, 0.1) is 0 Å². The highest BCUT2D eigenvalue weighted by Crippen LogP contribution is 2.49. The number of hydrogen-bond acceptors (Lipinski definition) is 6. The van der Waals surface area contributed by atoms with Crippen molar-refractivity contribution in [2.24, 2.45) is 0 Å². The van der Waals surface area contributed by atoms with Crippen LogP contribution in [0.1, 0.15) is 131 Å². The predicted octanol–water partition coefficient (Wildman–Crippen LogP) is 6.60. The fourth-order valence-electron chi connectivity index (χ4n) is 7.77. The Kier molecular flexibility index (Phi) is 10.2. The van der Waals surface area contributed by atoms with Gasteiger partial charge >= 0.3 is 0 Å². The van der Waals surface area contributed by atoms with Crippen LogP contribution in [0.3, 0.4) is 0 Å². The second-order valence-electron chi connectivity index (χ2n) is 14.7. The average Bonchev–Trinajstić information content (AvgIpc) is 2.81. The summed E-state index contributed by atoms with van der Waals surface area (Å²) in [5.41, 5.74) is 2.08. The number of hydrogen-bond donors (Lipinski definition) is 2. The van der Waals surface area contributed by atoms with Gasteiger partial charge in [-0.1, -0.05) is 26.7 Å². The van der Waals surface area contributed by atoms with Crippen molar-refractivity contribution in [2.75, 3.05) is 27.2 Å². The summed E-state index contributed by atoms with van der Waals surface area (Å²) in [7, 11) is 4.54. The molecule has 4 unspecified atom stereocenters. The molecule has 0 amide bonds. The van der Waals surface area contributed by atoms with Gasteiger partial charge in [-0.25, -0.2) is 9.97 Å². The first kappa shape index (κ1) is 32.7. The molecule has 2 N–H and O–H groups in total. The summed E-state index contributed by atoms with van der Waals surface area (Å²) in [5.74, 6) is 0.387. The Labute approximate surface area is 245 Å². The van der Waals surface area contributed by atoms with Crippen molar-refractivity contribution in [3.63, 3.8) is 0 Å². The van der Waals surface area contributed by atoms with Crippen LogP contribution in [0.5, 0.6) is 0 Å². The van der Waals surface area contributed by atoms with Crippen molar-refractivity contribution in [3.8, 4) is 0 Å². The summed E-state index contributed by atoms with van der Waals surface area (Å²) in [6, 6.07) is 2.94. The topological polar surface area (TPSA) is 56.3 Å². The van der Waals surface area contributed by atoms with Gasteiger partial charge in [0, 0.05) is 46.1 Å². The van der Waals surface area contributed by atoms with E-state index in [-0.39, 0.29) is 34.0 Å². The van der Waals surface area contributed by atoms with Crippen LogP contribution < -0.4 is 10.6 Å². The Balaban J connectivity index is 2.11. The van der Waals surface area contributed by atoms with Crippen LogP contribution in [0.4, 0.5) is 0 Å². The number of nitrogens with one attached hydrogen (secondary N) is 2. The summed E-state index contributed by atoms with van der Waals surface area (Å²) in [5, 5.41) is 8.26. The van der Waals surface area contributed by atoms with E-state index >= 15 is 0 Å². The molecule has 4 atom stereocenters. The molecule has 2 fully saturated rings. The average molecular weight is 563 g/mol. The summed E-state index contributed by atoms with van der Waals surface area (Å²) in [4.78, 5) is 15.0. The fourth-order valence-corrected chi connectivity index (χ4v) is 7.96. The maximum absolute atomic E-state index is 6.82. The SMILES string of the molecule is CCCCNC1CC(C)(C)N(C)C(C)(C)C1c1cc(C2C(NCCCC)CC(C)(C)N(C)C2(C)C)nc(Cl)n1. The molecule has 0 spiro atoms. The van der Waals surface area contributed by atoms with Crippen LogP contribution in [0.25, 0.3) is 0 Å². The van der Waals surface area contributed by atoms with Crippen LogP contribution in [-0.2, 0) is 0 Å². The summed E-state index contributed by atoms with van der Waals surface area (Å²) >= 11 is 6.82. The van der Waals surface area contributed by atoms with Crippen LogP contribution in [-0.4, -0.2) is 81.2 Å². The molecule has 2 aliphatic heterocycles. The standard InChI is InChI=1S/C32H59ClN6/c1-13-15-17-34-24-20-29(3,4)38(11)31(7,8)26(24)22-19-23(37-28(33)36-22)27-25(35-18-16-14-2)21-30(5,6)39(12)32(27,9)10/h19,24-27,34-35H,13-18,20-21H2,1-12H3. The first-order valence-corrected chi connectivity index (χ1v) is 15.9. The summed E-state index contributed by atoms with van der Waals surface area (Å²) < 4.78 is 0. The highest BCUT2D eigenvalue weighted by atomic mass is 35.5. The molecule has 7 heteroatoms. The van der Waals surface area contributed by atoms with Gasteiger partial charge in [-0.3, -0.25) is 9.80 Å². The Morgan fingerprint density at radius 1 is 0.744 bits per heavy atom. The van der Waals surface area contributed by atoms with E-state index < -0.39 is 0 Å². The van der Waals surface area contributed by atoms with E-state index in [0.29, 0.717) is 17.4 Å². The number of nitrogens with zero attached hydrogens (tertiary/aromatic N) is 4. The Bertz CT molecular complexity index is 886. The third kappa shape index (κ3) is 6.66. The molecule has 2 saturated heterocycles. The van der Waals surface area contributed by atoms with Gasteiger partial charge in [-0.2, -0.15) is 0 Å². The molecular formula is C32H59ClN6. The number of aromatic nitrogens is 2. The van der Waals surface area contributed by atoms with Gasteiger partial charge in [-0.05, 0) is 126 Å². The van der Waals surface area contributed by atoms with Crippen molar-refractivity contribution < 1.29 is 0 Å². The molecule has 0 bridgehead atoms. The molecule has 1 aromatic rings. The first-order chi connectivity index (χ1) is 18.0. The molecule has 224 valence electrons. The zero-order valence-electron chi connectivity index (χ0n) is 27.2. The minimum absolute atomic E-state index is 0.0808. The molecule has 0 radical (unpaired) electrons. The van der Waals surface area contributed by atoms with Crippen LogP contribution >= 0.6 is 11.6 Å². The molecular weight excluding hydrogens is 504 g/mol. The fraction of sp³-hybridized carbons (Fsp3) is 0.875. The van der Waals surface area contributed by atoms with Crippen molar-refractivity contribution in [2.45, 2.75) is 154 Å². The molecule has 2 aliphatic rings. The Morgan fingerprint density at radius 3 is 1.44 bits per heavy atom. The monoisotopic (exact) mass is 562 g/mol. The lowest BCUT2D eigenvalue weighted by atomic mass is 9.66. The second kappa shape index (κ2) is 12.2. The zero-order valence-corrected chi connectivity index (χ0v) is 28.0. The third-order valence-electron chi connectivity index (χ3n) is 10.6. The number of rotatable bonds is 10. The van der Waals surface area contributed by atoms with E-state index in [1.54, 1.807) is 0 Å². The van der Waals surface area contributed by atoms with Gasteiger partial charge in [-0.15, -0.1) is 0 Å². The van der Waals surface area contributed by atoms with Gasteiger partial charge in [0.15, 0.2) is 0 Å². The summed E-state index contributed by atoms with van der Waals surface area (Å²) in [6.45, 7) is 25.5. The van der Waals surface area contributed by atoms with Crippen molar-refractivity contribution in [1.82, 2.24) is 30.4 Å². The first-order valence-electron chi connectivity index (χ1n) is 15.5. The largest absolute Gasteiger partial charge is 0.313 e. The van der Waals surface area contributed by atoms with Gasteiger partial charge < -0.3 is 10.6 Å². The van der Waals surface area contributed by atoms with E-state index in [0.717, 1.165) is 37.3 Å². The lowest BCUT2D eigenvalue weighted by molar-refractivity contribution is -0.0388. The quantitative estimate of drug-likeness (QED) is 0.247. The van der Waals surface area contributed by atoms with Gasteiger partial charge in [0.1, 0.15) is 0 Å². The Morgan fingerprint density at radius 2 is 1.10 bits per heavy atom. The highest BCUT2D eigenvalue weighted by molar-refractivity contribution is 6.28. The van der Waals surface area contributed by atoms with Gasteiger partial charge in [0.25, 0.3) is 0 Å². The molecule has 1 aromatic heterocycles. The number of halogens is 1. The van der Waals surface area contributed by atoms with E-state index in [1.807, 2.05) is 0 Å². The predicted molar refractivity (Wildman–Crippen MR) is 167 cm³/mol. The molecule has 0 saturated carbocycles. The molecule has 39 heavy (non-hydrogen) atoms. The molecule has 0 aliphatic carbocycles. The van der Waals surface area contributed by atoms with E-state index in [4.69, 9.17) is 21.6 Å². The lowest BCUT2D eigenvalue weighted by Gasteiger charge is -2.59. The minimum atomic E-state index is -0.111. The van der Waals surface area contributed by atoms with Crippen LogP contribution in [0.2, 0.25) is 5.28 Å².